The molecule has 0 amide bonds. The summed E-state index contributed by atoms with van der Waals surface area (Å²) in [5.41, 5.74) is -0.188. The number of rotatable bonds is 6. The molecule has 1 fully saturated rings. The Hall–Kier alpha value is -1.85. The van der Waals surface area contributed by atoms with Gasteiger partial charge < -0.3 is 14.6 Å². The molecule has 1 aliphatic carbocycles. The normalized spacial score (nSPS) is 16.1. The van der Waals surface area contributed by atoms with Gasteiger partial charge in [0.05, 0.1) is 0 Å². The monoisotopic (exact) mass is 265 g/mol. The average molecular weight is 265 g/mol. The molecule has 1 heterocycles. The van der Waals surface area contributed by atoms with E-state index in [4.69, 9.17) is 5.11 Å². The maximum absolute atomic E-state index is 12.4. The van der Waals surface area contributed by atoms with E-state index >= 15 is 0 Å². The molecule has 0 radical (unpaired) electrons. The second-order valence-electron chi connectivity index (χ2n) is 4.97. The van der Waals surface area contributed by atoms with E-state index in [0.29, 0.717) is 0 Å². The zero-order valence-electron chi connectivity index (χ0n) is 11.2. The van der Waals surface area contributed by atoms with Gasteiger partial charge in [-0.25, -0.2) is 4.98 Å². The first kappa shape index (κ1) is 13.6. The van der Waals surface area contributed by atoms with Crippen LogP contribution in [0.15, 0.2) is 17.2 Å². The van der Waals surface area contributed by atoms with Crippen molar-refractivity contribution in [3.05, 3.63) is 22.7 Å². The Balaban J connectivity index is 2.38. The summed E-state index contributed by atoms with van der Waals surface area (Å²) < 4.78 is 1.67. The Labute approximate surface area is 111 Å². The van der Waals surface area contributed by atoms with Crippen molar-refractivity contribution in [2.24, 2.45) is 0 Å². The average Bonchev–Trinajstić information content (AvgIpc) is 3.20. The van der Waals surface area contributed by atoms with Crippen molar-refractivity contribution in [2.45, 2.75) is 45.2 Å². The molecule has 1 N–H and O–H groups in total. The summed E-state index contributed by atoms with van der Waals surface area (Å²) in [5, 5.41) is 8.99. The lowest BCUT2D eigenvalue weighted by Crippen LogP contribution is -2.42. The van der Waals surface area contributed by atoms with Crippen molar-refractivity contribution in [3.63, 3.8) is 0 Å². The maximum Gasteiger partial charge on any atom is 0.323 e. The third-order valence-electron chi connectivity index (χ3n) is 3.49. The summed E-state index contributed by atoms with van der Waals surface area (Å²) in [4.78, 5) is 29.0. The Bertz CT molecular complexity index is 522. The van der Waals surface area contributed by atoms with Crippen LogP contribution in [0.1, 0.15) is 39.2 Å². The van der Waals surface area contributed by atoms with Crippen LogP contribution in [0, 0.1) is 0 Å². The molecule has 6 heteroatoms. The Morgan fingerprint density at radius 3 is 2.84 bits per heavy atom. The predicted octanol–water partition coefficient (Wildman–Crippen LogP) is 1.27. The van der Waals surface area contributed by atoms with Crippen LogP contribution >= 0.6 is 0 Å². The topological polar surface area (TPSA) is 75.4 Å². The molecule has 0 bridgehead atoms. The number of hydrogen-bond donors (Lipinski definition) is 1. The molecule has 104 valence electrons. The fourth-order valence-electron chi connectivity index (χ4n) is 2.06. The van der Waals surface area contributed by atoms with Crippen molar-refractivity contribution < 1.29 is 9.90 Å². The molecular weight excluding hydrogens is 246 g/mol. The number of nitrogens with zero attached hydrogens (tertiary/aromatic N) is 3. The number of carboxylic acids is 1. The van der Waals surface area contributed by atoms with E-state index in [-0.39, 0.29) is 30.0 Å². The SMILES string of the molecule is CCC(C)N(CC(=O)O)c1nccn(C2CC2)c1=O. The molecular formula is C13H19N3O3. The van der Waals surface area contributed by atoms with E-state index in [1.165, 1.54) is 0 Å². The molecule has 1 aliphatic rings. The summed E-state index contributed by atoms with van der Waals surface area (Å²) >= 11 is 0. The van der Waals surface area contributed by atoms with Crippen molar-refractivity contribution in [1.29, 1.82) is 0 Å². The van der Waals surface area contributed by atoms with Crippen molar-refractivity contribution in [1.82, 2.24) is 9.55 Å². The number of hydrogen-bond acceptors (Lipinski definition) is 4. The zero-order valence-corrected chi connectivity index (χ0v) is 11.2. The Morgan fingerprint density at radius 2 is 2.32 bits per heavy atom. The summed E-state index contributed by atoms with van der Waals surface area (Å²) in [6, 6.07) is 0.226. The minimum atomic E-state index is -0.955. The van der Waals surface area contributed by atoms with Crippen LogP contribution in [-0.4, -0.2) is 33.2 Å². The molecule has 1 unspecified atom stereocenters. The van der Waals surface area contributed by atoms with Gasteiger partial charge in [-0.05, 0) is 26.2 Å². The standard InChI is InChI=1S/C13H19N3O3/c1-3-9(2)16(8-11(17)18)12-13(19)15(7-6-14-12)10-4-5-10/h6-7,9-10H,3-5,8H2,1-2H3,(H,17,18). The highest BCUT2D eigenvalue weighted by Crippen LogP contribution is 2.33. The number of aliphatic carboxylic acids is 1. The van der Waals surface area contributed by atoms with Gasteiger partial charge >= 0.3 is 5.97 Å². The van der Waals surface area contributed by atoms with Crippen LogP contribution in [0.4, 0.5) is 5.82 Å². The van der Waals surface area contributed by atoms with E-state index in [0.717, 1.165) is 19.3 Å². The molecule has 1 atom stereocenters. The van der Waals surface area contributed by atoms with Gasteiger partial charge in [0, 0.05) is 24.5 Å². The van der Waals surface area contributed by atoms with Gasteiger partial charge in [-0.2, -0.15) is 0 Å². The number of aromatic nitrogens is 2. The van der Waals surface area contributed by atoms with E-state index in [1.807, 2.05) is 13.8 Å². The number of carbonyl (C=O) groups is 1. The highest BCUT2D eigenvalue weighted by molar-refractivity contribution is 5.73. The van der Waals surface area contributed by atoms with Gasteiger partial charge in [-0.15, -0.1) is 0 Å². The van der Waals surface area contributed by atoms with Crippen LogP contribution in [0.25, 0.3) is 0 Å². The molecule has 0 aromatic carbocycles. The van der Waals surface area contributed by atoms with Crippen LogP contribution in [-0.2, 0) is 4.79 Å². The molecule has 1 aromatic rings. The summed E-state index contributed by atoms with van der Waals surface area (Å²) in [7, 11) is 0. The van der Waals surface area contributed by atoms with Gasteiger partial charge in [-0.3, -0.25) is 9.59 Å². The van der Waals surface area contributed by atoms with Gasteiger partial charge in [0.1, 0.15) is 6.54 Å². The first-order chi connectivity index (χ1) is 9.04. The van der Waals surface area contributed by atoms with E-state index < -0.39 is 5.97 Å². The summed E-state index contributed by atoms with van der Waals surface area (Å²) in [6.45, 7) is 3.66. The fourth-order valence-corrected chi connectivity index (χ4v) is 2.06. The second kappa shape index (κ2) is 5.42. The van der Waals surface area contributed by atoms with Crippen LogP contribution < -0.4 is 10.5 Å². The van der Waals surface area contributed by atoms with Crippen molar-refractivity contribution >= 4 is 11.8 Å². The highest BCUT2D eigenvalue weighted by Gasteiger charge is 2.27. The fraction of sp³-hybridized carbons (Fsp3) is 0.615. The Morgan fingerprint density at radius 1 is 1.63 bits per heavy atom. The van der Waals surface area contributed by atoms with E-state index in [1.54, 1.807) is 21.9 Å². The van der Waals surface area contributed by atoms with Crippen LogP contribution in [0.5, 0.6) is 0 Å². The number of carboxylic acid groups (broad SMARTS) is 1. The van der Waals surface area contributed by atoms with Gasteiger partial charge in [0.25, 0.3) is 5.56 Å². The maximum atomic E-state index is 12.4. The van der Waals surface area contributed by atoms with Crippen LogP contribution in [0.3, 0.4) is 0 Å². The van der Waals surface area contributed by atoms with Crippen molar-refractivity contribution in [3.8, 4) is 0 Å². The zero-order chi connectivity index (χ0) is 14.0. The minimum absolute atomic E-state index is 0.0358. The first-order valence-electron chi connectivity index (χ1n) is 6.60. The van der Waals surface area contributed by atoms with Crippen molar-refractivity contribution in [2.75, 3.05) is 11.4 Å². The van der Waals surface area contributed by atoms with Gasteiger partial charge in [0.2, 0.25) is 0 Å². The third kappa shape index (κ3) is 2.94. The molecule has 0 aliphatic heterocycles. The second-order valence-corrected chi connectivity index (χ2v) is 4.97. The third-order valence-corrected chi connectivity index (χ3v) is 3.49. The van der Waals surface area contributed by atoms with Crippen LogP contribution in [0.2, 0.25) is 0 Å². The van der Waals surface area contributed by atoms with E-state index in [9.17, 15) is 9.59 Å². The predicted molar refractivity (Wildman–Crippen MR) is 71.5 cm³/mol. The number of anilines is 1. The molecule has 2 rings (SSSR count). The molecule has 1 aromatic heterocycles. The summed E-state index contributed by atoms with van der Waals surface area (Å²) in [6.07, 6.45) is 6.02. The largest absolute Gasteiger partial charge is 0.480 e. The lowest BCUT2D eigenvalue weighted by molar-refractivity contribution is -0.135. The minimum Gasteiger partial charge on any atom is -0.480 e. The van der Waals surface area contributed by atoms with Gasteiger partial charge in [-0.1, -0.05) is 6.92 Å². The smallest absolute Gasteiger partial charge is 0.323 e. The highest BCUT2D eigenvalue weighted by atomic mass is 16.4. The Kier molecular flexibility index (Phi) is 3.87. The first-order valence-corrected chi connectivity index (χ1v) is 6.60. The lowest BCUT2D eigenvalue weighted by Gasteiger charge is -2.27. The van der Waals surface area contributed by atoms with E-state index in [2.05, 4.69) is 4.98 Å². The molecule has 0 saturated heterocycles. The molecule has 6 nitrogen and oxygen atoms in total. The molecule has 1 saturated carbocycles. The van der Waals surface area contributed by atoms with Gasteiger partial charge in [0.15, 0.2) is 5.82 Å². The lowest BCUT2D eigenvalue weighted by atomic mass is 10.2. The quantitative estimate of drug-likeness (QED) is 0.838. The molecule has 0 spiro atoms. The molecule has 19 heavy (non-hydrogen) atoms. The summed E-state index contributed by atoms with van der Waals surface area (Å²) in [5.74, 6) is -0.713.